The molecule has 0 bridgehead atoms. The van der Waals surface area contributed by atoms with Gasteiger partial charge < -0.3 is 13.4 Å². The molecule has 0 aliphatic heterocycles. The summed E-state index contributed by atoms with van der Waals surface area (Å²) in [5.74, 6) is 0.399. The zero-order valence-corrected chi connectivity index (χ0v) is 32.3. The standard InChI is InChI=1S/C56H37NO2/c1-3-15-39-35(12-1)14-11-21-43(39)46-33-53-54(47-31-34(24-28-51(47)58-53)30-37-26-25-36-13-2-4-16-40(36)42-18-6-5-17-41(37)42)55-48-32-38(27-29-52(48)59-56(46)55)57-49-22-9-7-19-44(49)45-20-8-10-23-50(45)57/h1-24,27-29,31-33,37H,25-26,30H2. The van der Waals surface area contributed by atoms with Crippen LogP contribution < -0.4 is 0 Å². The van der Waals surface area contributed by atoms with Crippen LogP contribution in [0.15, 0.2) is 191 Å². The van der Waals surface area contributed by atoms with Crippen LogP contribution in [-0.2, 0) is 12.8 Å². The number of aryl methyl sites for hydroxylation is 1. The van der Waals surface area contributed by atoms with E-state index >= 15 is 0 Å². The maximum Gasteiger partial charge on any atom is 0.144 e. The maximum atomic E-state index is 7.05. The Morgan fingerprint density at radius 2 is 1.12 bits per heavy atom. The third-order valence-corrected chi connectivity index (χ3v) is 13.1. The number of furan rings is 2. The Labute approximate surface area is 340 Å². The molecule has 1 aliphatic rings. The first-order chi connectivity index (χ1) is 29.2. The van der Waals surface area contributed by atoms with Crippen LogP contribution in [0.25, 0.3) is 104 Å². The van der Waals surface area contributed by atoms with Gasteiger partial charge in [0.15, 0.2) is 0 Å². The second-order valence-corrected chi connectivity index (χ2v) is 16.3. The fourth-order valence-electron chi connectivity index (χ4n) is 10.5. The van der Waals surface area contributed by atoms with Crippen molar-refractivity contribution in [3.8, 4) is 27.9 Å². The molecule has 278 valence electrons. The highest BCUT2D eigenvalue weighted by molar-refractivity contribution is 6.29. The Morgan fingerprint density at radius 1 is 0.458 bits per heavy atom. The number of rotatable bonds is 4. The number of aromatic nitrogens is 1. The highest BCUT2D eigenvalue weighted by Gasteiger charge is 2.25. The summed E-state index contributed by atoms with van der Waals surface area (Å²) in [5.41, 5.74) is 16.1. The highest BCUT2D eigenvalue weighted by atomic mass is 16.3. The number of hydrogen-bond donors (Lipinski definition) is 0. The molecule has 3 nitrogen and oxygen atoms in total. The van der Waals surface area contributed by atoms with Crippen molar-refractivity contribution in [2.24, 2.45) is 0 Å². The third-order valence-electron chi connectivity index (χ3n) is 13.1. The lowest BCUT2D eigenvalue weighted by atomic mass is 9.86. The van der Waals surface area contributed by atoms with Crippen LogP contribution in [0.4, 0.5) is 0 Å². The van der Waals surface area contributed by atoms with Crippen molar-refractivity contribution < 1.29 is 8.83 Å². The summed E-state index contributed by atoms with van der Waals surface area (Å²) in [6.07, 6.45) is 3.13. The second kappa shape index (κ2) is 12.6. The zero-order chi connectivity index (χ0) is 38.6. The van der Waals surface area contributed by atoms with E-state index in [1.165, 1.54) is 60.4 Å². The van der Waals surface area contributed by atoms with Crippen LogP contribution in [0.1, 0.15) is 29.0 Å². The Bertz CT molecular complexity index is 3610. The summed E-state index contributed by atoms with van der Waals surface area (Å²) in [5, 5.41) is 9.27. The molecule has 1 aliphatic carbocycles. The summed E-state index contributed by atoms with van der Waals surface area (Å²) in [7, 11) is 0. The summed E-state index contributed by atoms with van der Waals surface area (Å²) < 4.78 is 16.3. The van der Waals surface area contributed by atoms with Gasteiger partial charge in [0.25, 0.3) is 0 Å². The largest absolute Gasteiger partial charge is 0.456 e. The van der Waals surface area contributed by atoms with Gasteiger partial charge in [0.2, 0.25) is 0 Å². The van der Waals surface area contributed by atoms with Crippen molar-refractivity contribution in [1.29, 1.82) is 0 Å². The van der Waals surface area contributed by atoms with Gasteiger partial charge in [0, 0.05) is 43.6 Å². The van der Waals surface area contributed by atoms with Gasteiger partial charge in [-0.25, -0.2) is 0 Å². The number of para-hydroxylation sites is 2. The first-order valence-electron chi connectivity index (χ1n) is 20.7. The Kier molecular flexibility index (Phi) is 6.97. The molecule has 0 saturated carbocycles. The monoisotopic (exact) mass is 755 g/mol. The van der Waals surface area contributed by atoms with E-state index in [2.05, 4.69) is 187 Å². The molecule has 0 saturated heterocycles. The Hall–Kier alpha value is -7.36. The molecular weight excluding hydrogens is 719 g/mol. The van der Waals surface area contributed by atoms with E-state index in [1.54, 1.807) is 0 Å². The van der Waals surface area contributed by atoms with Crippen LogP contribution in [0.3, 0.4) is 0 Å². The minimum atomic E-state index is 0.399. The normalized spacial score (nSPS) is 14.2. The topological polar surface area (TPSA) is 31.2 Å². The molecule has 59 heavy (non-hydrogen) atoms. The molecule has 0 amide bonds. The first-order valence-corrected chi connectivity index (χ1v) is 20.7. The van der Waals surface area contributed by atoms with E-state index in [9.17, 15) is 0 Å². The maximum absolute atomic E-state index is 7.05. The molecule has 13 rings (SSSR count). The van der Waals surface area contributed by atoms with Gasteiger partial charge in [0.05, 0.1) is 11.0 Å². The molecule has 1 atom stereocenters. The minimum absolute atomic E-state index is 0.399. The molecule has 0 N–H and O–H groups in total. The number of nitrogens with zero attached hydrogens (tertiary/aromatic N) is 1. The number of benzene rings is 9. The smallest absolute Gasteiger partial charge is 0.144 e. The predicted octanol–water partition coefficient (Wildman–Crippen LogP) is 15.3. The summed E-state index contributed by atoms with van der Waals surface area (Å²) in [6, 6.07) is 66.3. The van der Waals surface area contributed by atoms with Crippen molar-refractivity contribution in [3.63, 3.8) is 0 Å². The van der Waals surface area contributed by atoms with Gasteiger partial charge in [-0.2, -0.15) is 0 Å². The van der Waals surface area contributed by atoms with E-state index < -0.39 is 0 Å². The van der Waals surface area contributed by atoms with Crippen molar-refractivity contribution in [2.45, 2.75) is 25.2 Å². The minimum Gasteiger partial charge on any atom is -0.456 e. The molecular formula is C56H37NO2. The van der Waals surface area contributed by atoms with E-state index in [-0.39, 0.29) is 0 Å². The lowest BCUT2D eigenvalue weighted by molar-refractivity contribution is 0.628. The van der Waals surface area contributed by atoms with Gasteiger partial charge in [-0.15, -0.1) is 0 Å². The van der Waals surface area contributed by atoms with Crippen LogP contribution in [0.2, 0.25) is 0 Å². The molecule has 0 fully saturated rings. The molecule has 0 spiro atoms. The third kappa shape index (κ3) is 4.88. The van der Waals surface area contributed by atoms with Gasteiger partial charge in [-0.05, 0) is 118 Å². The van der Waals surface area contributed by atoms with E-state index in [0.717, 1.165) is 80.0 Å². The first kappa shape index (κ1) is 32.7. The molecule has 3 heteroatoms. The average Bonchev–Trinajstić information content (AvgIpc) is 3.93. The quantitative estimate of drug-likeness (QED) is 0.179. The van der Waals surface area contributed by atoms with Gasteiger partial charge in [-0.3, -0.25) is 0 Å². The Morgan fingerprint density at radius 3 is 1.98 bits per heavy atom. The van der Waals surface area contributed by atoms with Gasteiger partial charge >= 0.3 is 0 Å². The number of hydrogen-bond acceptors (Lipinski definition) is 2. The predicted molar refractivity (Wildman–Crippen MR) is 245 cm³/mol. The molecule has 3 heterocycles. The lowest BCUT2D eigenvalue weighted by Gasteiger charge is -2.18. The molecule has 0 radical (unpaired) electrons. The van der Waals surface area contributed by atoms with Crippen LogP contribution >= 0.6 is 0 Å². The van der Waals surface area contributed by atoms with E-state index in [4.69, 9.17) is 8.83 Å². The average molecular weight is 756 g/mol. The SMILES string of the molecule is c1ccc2c(c1)CCC(Cc1ccc3oc4cc(-c5cccc6ccccc56)c5oc6ccc(-n7c8ccccc8c8ccccc87)cc6c5c4c3c1)c1ccccc1-2. The van der Waals surface area contributed by atoms with Gasteiger partial charge in [-0.1, -0.05) is 133 Å². The van der Waals surface area contributed by atoms with E-state index in [0.29, 0.717) is 5.92 Å². The molecule has 3 aromatic heterocycles. The number of fused-ring (bicyclic) bond motifs is 14. The summed E-state index contributed by atoms with van der Waals surface area (Å²) >= 11 is 0. The van der Waals surface area contributed by atoms with Crippen LogP contribution in [-0.4, -0.2) is 4.57 Å². The van der Waals surface area contributed by atoms with E-state index in [1.807, 2.05) is 0 Å². The lowest BCUT2D eigenvalue weighted by Crippen LogP contribution is -2.04. The second-order valence-electron chi connectivity index (χ2n) is 16.3. The molecule has 1 unspecified atom stereocenters. The van der Waals surface area contributed by atoms with Crippen molar-refractivity contribution in [1.82, 2.24) is 4.57 Å². The Balaban J connectivity index is 1.06. The fraction of sp³-hybridized carbons (Fsp3) is 0.0714. The molecule has 12 aromatic rings. The van der Waals surface area contributed by atoms with Crippen molar-refractivity contribution in [3.05, 3.63) is 199 Å². The van der Waals surface area contributed by atoms with Crippen molar-refractivity contribution >= 4 is 76.5 Å². The van der Waals surface area contributed by atoms with Crippen LogP contribution in [0.5, 0.6) is 0 Å². The molecule has 9 aromatic carbocycles. The highest BCUT2D eigenvalue weighted by Crippen LogP contribution is 2.47. The summed E-state index contributed by atoms with van der Waals surface area (Å²) in [4.78, 5) is 0. The van der Waals surface area contributed by atoms with Gasteiger partial charge in [0.1, 0.15) is 22.3 Å². The van der Waals surface area contributed by atoms with Crippen LogP contribution in [0, 0.1) is 0 Å². The fourth-order valence-corrected chi connectivity index (χ4v) is 10.5. The zero-order valence-electron chi connectivity index (χ0n) is 32.3. The summed E-state index contributed by atoms with van der Waals surface area (Å²) in [6.45, 7) is 0. The van der Waals surface area contributed by atoms with Crippen molar-refractivity contribution in [2.75, 3.05) is 0 Å².